The van der Waals surface area contributed by atoms with Gasteiger partial charge in [0.25, 0.3) is 0 Å². The maximum Gasteiger partial charge on any atom is 0.328 e. The molecule has 21 heteroatoms. The molecule has 8 aliphatic carbocycles. The Bertz CT molecular complexity index is 5950. The molecular formula is C109H109F9N4O8. The molecule has 8 atom stereocenters. The van der Waals surface area contributed by atoms with Crippen LogP contribution >= 0.6 is 0 Å². The Morgan fingerprint density at radius 1 is 0.331 bits per heavy atom. The van der Waals surface area contributed by atoms with Crippen LogP contribution in [0.25, 0.3) is 46.6 Å². The van der Waals surface area contributed by atoms with Gasteiger partial charge in [0.05, 0.1) is 24.2 Å². The summed E-state index contributed by atoms with van der Waals surface area (Å²) in [7, 11) is 0. The Kier molecular flexibility index (Phi) is 26.7. The highest BCUT2D eigenvalue weighted by Crippen LogP contribution is 2.57. The van der Waals surface area contributed by atoms with Gasteiger partial charge in [-0.25, -0.2) is 58.7 Å². The van der Waals surface area contributed by atoms with Crippen LogP contribution in [-0.2, 0) is 44.9 Å². The van der Waals surface area contributed by atoms with E-state index in [1.54, 1.807) is 0 Å². The highest BCUT2D eigenvalue weighted by Gasteiger charge is 2.52. The molecule has 4 fully saturated rings. The van der Waals surface area contributed by atoms with E-state index in [1.165, 1.54) is 175 Å². The Labute approximate surface area is 753 Å². The molecule has 4 N–H and O–H groups in total. The quantitative estimate of drug-likeness (QED) is 0.0423. The number of aliphatic carboxylic acids is 4. The molecule has 8 aromatic carbocycles. The minimum atomic E-state index is -1.30. The fourth-order valence-corrected chi connectivity index (χ4v) is 22.7. The number of carboxylic acids is 4. The third-order valence-electron chi connectivity index (χ3n) is 29.1. The van der Waals surface area contributed by atoms with Gasteiger partial charge < -0.3 is 20.4 Å². The normalized spacial score (nSPS) is 23.5. The van der Waals surface area contributed by atoms with Crippen LogP contribution in [0.3, 0.4) is 0 Å². The molecule has 12 nitrogen and oxygen atoms in total. The maximum atomic E-state index is 15.6. The Balaban J connectivity index is 0.000000122. The van der Waals surface area contributed by atoms with Crippen LogP contribution in [-0.4, -0.2) is 120 Å². The van der Waals surface area contributed by atoms with Gasteiger partial charge in [0.15, 0.2) is 0 Å². The summed E-state index contributed by atoms with van der Waals surface area (Å²) in [5, 5.41) is 35.4. The van der Waals surface area contributed by atoms with Crippen molar-refractivity contribution in [2.45, 2.75) is 217 Å². The average Bonchev–Trinajstić information content (AvgIpc) is 1.58. The van der Waals surface area contributed by atoms with Gasteiger partial charge >= 0.3 is 23.9 Å². The SMILES string of the molecule is C[C@@H]1CC2=C(Cc3ccccc32)[C@@H](c2c(F)cc(/C=C/C(=O)O)cc2F)N1CC1(F)CC1.C[C@@H]1CC2=C(Cc3ccccc32)[C@@H](c2c(F)cc(/C=C/C(=O)O)cc2F)N1CC1CC1.C[C@@H]1CC2=C(Cc3ccccc32)[C@@H](c2c(F)cc(/C=C/C(=O)O)cc2F)N1CC1CCCC1.C[C@@H]1CC2=C(Cc3ccccc32)[C@@H](c2c(F)cc(/C=C/C(=O)O)cc2F)N1CC1CCCCC1. The van der Waals surface area contributed by atoms with Crippen LogP contribution in [0.1, 0.15) is 250 Å². The van der Waals surface area contributed by atoms with Crippen LogP contribution in [0.2, 0.25) is 0 Å². The second-order valence-electron chi connectivity index (χ2n) is 38.0. The summed E-state index contributed by atoms with van der Waals surface area (Å²) in [6, 6.07) is 41.1. The first-order valence-electron chi connectivity index (χ1n) is 46.0. The van der Waals surface area contributed by atoms with E-state index in [2.05, 4.69) is 71.9 Å². The van der Waals surface area contributed by atoms with Crippen LogP contribution in [0, 0.1) is 64.3 Å². The molecule has 0 aromatic heterocycles. The number of nitrogens with zero attached hydrogens (tertiary/aromatic N) is 4. The number of rotatable bonds is 20. The second kappa shape index (κ2) is 38.3. The monoisotopic (exact) mass is 1770 g/mol. The van der Waals surface area contributed by atoms with Crippen molar-refractivity contribution in [2.75, 3.05) is 26.2 Å². The van der Waals surface area contributed by atoms with E-state index >= 15 is 35.1 Å². The highest BCUT2D eigenvalue weighted by molar-refractivity contribution is 5.88. The zero-order valence-corrected chi connectivity index (χ0v) is 73.6. The number of benzene rings is 8. The molecule has 0 spiro atoms. The number of alkyl halides is 1. The van der Waals surface area contributed by atoms with Crippen LogP contribution < -0.4 is 0 Å². The number of hydrogen-bond donors (Lipinski definition) is 4. The van der Waals surface area contributed by atoms with Crippen LogP contribution in [0.15, 0.2) is 192 Å². The topological polar surface area (TPSA) is 162 Å². The standard InChI is InChI=1S/C29H31F2NO2.C28H29F2NO2.C26H24F3NO2.C26H25F2NO2/c1-18-13-23-22-10-6-5-9-21(22)16-24(23)29(32(18)17-19-7-3-2-4-8-19)28-25(30)14-20(15-26(28)31)11-12-27(33)34;1-17-12-22-21-9-5-4-8-20(21)15-23(22)28(31(17)16-18-6-2-3-7-18)27-24(29)13-19(14-25(27)30)10-11-26(32)33;1-15-10-19-18-5-3-2-4-17(18)13-20(19)25(30(15)14-26(29)8-9-26)24-21(27)11-16(12-22(24)28)6-7-23(31)32;1-15-10-20-19-5-3-2-4-18(19)13-21(20)26(29(15)14-16-6-7-16)25-22(27)11-17(12-23(25)28)8-9-24(30)31/h5-6,9-12,14-15,18-19,29H,2-4,7-8,13,16-17H2,1H3,(H,33,34);4-5,8-11,13-14,17-18,28H,2-3,6-7,12,15-16H2,1H3,(H,32,33);2-7,11-12,15,25H,8-10,13-14H2,1H3,(H,31,32);2-5,8-9,11-12,15-16,26H,6-7,10,13-14H2,1H3,(H,30,31)/b12-11+;11-10+;7-6+;9-8+/t18-,29+;17-,28+;15-,25+;15-,26+/m1111/s1. The first-order chi connectivity index (χ1) is 62.5. The van der Waals surface area contributed by atoms with E-state index in [0.717, 1.165) is 120 Å². The molecule has 0 radical (unpaired) electrons. The number of carbonyl (C=O) groups is 4. The minimum Gasteiger partial charge on any atom is -0.478 e. The highest BCUT2D eigenvalue weighted by atomic mass is 19.2. The molecule has 4 aliphatic heterocycles. The molecule has 676 valence electrons. The van der Waals surface area contributed by atoms with Gasteiger partial charge in [0.2, 0.25) is 0 Å². The fourth-order valence-electron chi connectivity index (χ4n) is 22.7. The summed E-state index contributed by atoms with van der Waals surface area (Å²) >= 11 is 0. The molecule has 8 aromatic rings. The molecule has 0 unspecified atom stereocenters. The van der Waals surface area contributed by atoms with Gasteiger partial charge in [-0.15, -0.1) is 0 Å². The number of halogens is 9. The van der Waals surface area contributed by atoms with E-state index in [9.17, 15) is 23.6 Å². The third kappa shape index (κ3) is 19.3. The van der Waals surface area contributed by atoms with Crippen LogP contribution in [0.4, 0.5) is 39.5 Å². The van der Waals surface area contributed by atoms with Crippen molar-refractivity contribution >= 4 is 70.5 Å². The zero-order chi connectivity index (χ0) is 91.2. The van der Waals surface area contributed by atoms with Crippen LogP contribution in [0.5, 0.6) is 0 Å². The number of hydrogen-bond acceptors (Lipinski definition) is 8. The first kappa shape index (κ1) is 90.7. The molecule has 4 saturated carbocycles. The summed E-state index contributed by atoms with van der Waals surface area (Å²) in [6.45, 7) is 11.2. The predicted molar refractivity (Wildman–Crippen MR) is 489 cm³/mol. The molecule has 0 bridgehead atoms. The van der Waals surface area contributed by atoms with Crippen molar-refractivity contribution in [3.05, 3.63) is 328 Å². The van der Waals surface area contributed by atoms with Crippen molar-refractivity contribution in [3.8, 4) is 0 Å². The van der Waals surface area contributed by atoms with Gasteiger partial charge in [0, 0.05) is 96.9 Å². The van der Waals surface area contributed by atoms with E-state index in [4.69, 9.17) is 20.4 Å². The summed E-state index contributed by atoms with van der Waals surface area (Å²) in [5.74, 6) is -8.11. The molecule has 0 saturated heterocycles. The summed E-state index contributed by atoms with van der Waals surface area (Å²) in [5.41, 5.74) is 18.3. The average molecular weight is 1770 g/mol. The summed E-state index contributed by atoms with van der Waals surface area (Å²) in [4.78, 5) is 52.2. The minimum absolute atomic E-state index is 0.0801. The lowest BCUT2D eigenvalue weighted by Gasteiger charge is -2.44. The van der Waals surface area contributed by atoms with Crippen molar-refractivity contribution in [2.24, 2.45) is 17.8 Å². The zero-order valence-electron chi connectivity index (χ0n) is 73.6. The third-order valence-corrected chi connectivity index (χ3v) is 29.1. The largest absolute Gasteiger partial charge is 0.478 e. The van der Waals surface area contributed by atoms with E-state index in [-0.39, 0.29) is 75.2 Å². The molecule has 130 heavy (non-hydrogen) atoms. The van der Waals surface area contributed by atoms with Gasteiger partial charge in [-0.05, 0) is 332 Å². The predicted octanol–water partition coefficient (Wildman–Crippen LogP) is 24.5. The summed E-state index contributed by atoms with van der Waals surface area (Å²) in [6.07, 6.45) is 28.6. The molecular weight excluding hydrogens is 1660 g/mol. The lowest BCUT2D eigenvalue weighted by molar-refractivity contribution is -0.132. The molecule has 0 amide bonds. The number of fused-ring (bicyclic) bond motifs is 8. The lowest BCUT2D eigenvalue weighted by Crippen LogP contribution is -2.45. The second-order valence-corrected chi connectivity index (χ2v) is 38.0. The Morgan fingerprint density at radius 3 is 0.792 bits per heavy atom. The summed E-state index contributed by atoms with van der Waals surface area (Å²) < 4.78 is 139. The first-order valence-corrected chi connectivity index (χ1v) is 46.0. The van der Waals surface area contributed by atoms with E-state index < -0.39 is 100 Å². The molecule has 12 aliphatic rings. The fraction of sp³-hybridized carbons (Fsp3) is 0.376. The van der Waals surface area contributed by atoms with Gasteiger partial charge in [-0.2, -0.15) is 0 Å². The van der Waals surface area contributed by atoms with Crippen molar-refractivity contribution < 1.29 is 79.1 Å². The molecule has 20 rings (SSSR count). The van der Waals surface area contributed by atoms with E-state index in [0.29, 0.717) is 62.7 Å². The van der Waals surface area contributed by atoms with Crippen molar-refractivity contribution in [1.82, 2.24) is 19.6 Å². The number of carboxylic acid groups (broad SMARTS) is 4. The van der Waals surface area contributed by atoms with Crippen molar-refractivity contribution in [3.63, 3.8) is 0 Å². The van der Waals surface area contributed by atoms with E-state index in [1.807, 2.05) is 72.5 Å². The Morgan fingerprint density at radius 2 is 0.554 bits per heavy atom. The Hall–Kier alpha value is -11.2. The van der Waals surface area contributed by atoms with Gasteiger partial charge in [0.1, 0.15) is 52.2 Å². The molecule has 4 heterocycles. The van der Waals surface area contributed by atoms with Crippen molar-refractivity contribution in [1.29, 1.82) is 0 Å². The van der Waals surface area contributed by atoms with Gasteiger partial charge in [-0.3, -0.25) is 19.6 Å². The smallest absolute Gasteiger partial charge is 0.328 e. The maximum absolute atomic E-state index is 15.6. The van der Waals surface area contributed by atoms with Gasteiger partial charge in [-0.1, -0.05) is 129 Å². The lowest BCUT2D eigenvalue weighted by atomic mass is 9.82.